The van der Waals surface area contributed by atoms with Crippen LogP contribution in [-0.2, 0) is 16.8 Å². The van der Waals surface area contributed by atoms with Crippen LogP contribution < -0.4 is 5.32 Å². The highest BCUT2D eigenvalue weighted by Crippen LogP contribution is 2.65. The fourth-order valence-corrected chi connectivity index (χ4v) is 6.90. The van der Waals surface area contributed by atoms with Gasteiger partial charge in [-0.25, -0.2) is 0 Å². The van der Waals surface area contributed by atoms with E-state index in [1.165, 1.54) is 31.2 Å². The summed E-state index contributed by atoms with van der Waals surface area (Å²) in [5, 5.41) is 3.19. The van der Waals surface area contributed by atoms with E-state index in [2.05, 4.69) is 47.6 Å². The van der Waals surface area contributed by atoms with Gasteiger partial charge in [0, 0.05) is 30.8 Å². The fourth-order valence-electron chi connectivity index (χ4n) is 6.90. The van der Waals surface area contributed by atoms with Crippen molar-refractivity contribution in [3.05, 3.63) is 66.0 Å². The third-order valence-corrected chi connectivity index (χ3v) is 8.30. The number of amides is 1. The van der Waals surface area contributed by atoms with E-state index in [9.17, 15) is 4.79 Å². The Balaban J connectivity index is 1.41. The van der Waals surface area contributed by atoms with Crippen molar-refractivity contribution in [2.45, 2.75) is 51.0 Å². The van der Waals surface area contributed by atoms with Crippen LogP contribution in [-0.4, -0.2) is 10.9 Å². The molecule has 0 unspecified atom stereocenters. The summed E-state index contributed by atoms with van der Waals surface area (Å²) in [6.45, 7) is 3.06. The van der Waals surface area contributed by atoms with Gasteiger partial charge in [-0.15, -0.1) is 0 Å². The zero-order valence-electron chi connectivity index (χ0n) is 16.7. The van der Waals surface area contributed by atoms with Gasteiger partial charge in [-0.1, -0.05) is 37.3 Å². The van der Waals surface area contributed by atoms with Gasteiger partial charge in [-0.05, 0) is 78.5 Å². The van der Waals surface area contributed by atoms with Crippen LogP contribution in [0, 0.1) is 29.6 Å². The lowest BCUT2D eigenvalue weighted by atomic mass is 9.41. The minimum atomic E-state index is 0.0245. The van der Waals surface area contributed by atoms with Gasteiger partial charge >= 0.3 is 0 Å². The van der Waals surface area contributed by atoms with Crippen molar-refractivity contribution in [1.29, 1.82) is 0 Å². The van der Waals surface area contributed by atoms with Crippen molar-refractivity contribution in [3.8, 4) is 0 Å². The van der Waals surface area contributed by atoms with Crippen LogP contribution in [0.3, 0.4) is 0 Å². The Labute approximate surface area is 168 Å². The lowest BCUT2D eigenvalue weighted by Crippen LogP contribution is -2.59. The van der Waals surface area contributed by atoms with E-state index >= 15 is 0 Å². The number of hydrogen-bond acceptors (Lipinski definition) is 2. The number of aromatic nitrogens is 1. The Morgan fingerprint density at radius 3 is 2.21 bits per heavy atom. The maximum absolute atomic E-state index is 13.1. The van der Waals surface area contributed by atoms with E-state index in [0.717, 1.165) is 23.3 Å². The van der Waals surface area contributed by atoms with Gasteiger partial charge in [0.1, 0.15) is 0 Å². The Hall–Kier alpha value is -2.16. The highest BCUT2D eigenvalue weighted by molar-refractivity contribution is 5.78. The number of nitrogens with zero attached hydrogens (tertiary/aromatic N) is 1. The molecule has 3 nitrogen and oxygen atoms in total. The van der Waals surface area contributed by atoms with E-state index in [0.29, 0.717) is 24.8 Å². The zero-order valence-corrected chi connectivity index (χ0v) is 16.7. The second-order valence-corrected chi connectivity index (χ2v) is 9.43. The normalized spacial score (nSPS) is 35.7. The Kier molecular flexibility index (Phi) is 4.49. The summed E-state index contributed by atoms with van der Waals surface area (Å²) in [6, 6.07) is 14.9. The Morgan fingerprint density at radius 2 is 1.61 bits per heavy atom. The van der Waals surface area contributed by atoms with Crippen LogP contribution >= 0.6 is 0 Å². The third kappa shape index (κ3) is 2.87. The molecule has 0 spiro atoms. The molecule has 1 N–H and O–H groups in total. The highest BCUT2D eigenvalue weighted by Gasteiger charge is 2.60. The number of carbonyl (C=O) groups is 1. The molecule has 3 heteroatoms. The molecule has 0 saturated heterocycles. The fraction of sp³-hybridized carbons (Fsp3) is 0.520. The third-order valence-electron chi connectivity index (χ3n) is 8.30. The van der Waals surface area contributed by atoms with Gasteiger partial charge in [0.25, 0.3) is 0 Å². The molecule has 28 heavy (non-hydrogen) atoms. The Morgan fingerprint density at radius 1 is 1.00 bits per heavy atom. The quantitative estimate of drug-likeness (QED) is 0.822. The topological polar surface area (TPSA) is 42.0 Å². The van der Waals surface area contributed by atoms with Gasteiger partial charge in [0.05, 0.1) is 0 Å². The minimum Gasteiger partial charge on any atom is -0.352 e. The summed E-state index contributed by atoms with van der Waals surface area (Å²) in [4.78, 5) is 17.2. The van der Waals surface area contributed by atoms with Crippen molar-refractivity contribution in [2.75, 3.05) is 0 Å². The molecule has 146 valence electrons. The second-order valence-electron chi connectivity index (χ2n) is 9.43. The summed E-state index contributed by atoms with van der Waals surface area (Å²) in [5.74, 6) is 4.13. The van der Waals surface area contributed by atoms with Crippen molar-refractivity contribution in [2.24, 2.45) is 29.6 Å². The lowest BCUT2D eigenvalue weighted by Gasteiger charge is -2.63. The van der Waals surface area contributed by atoms with Crippen molar-refractivity contribution < 1.29 is 4.79 Å². The molecule has 6 rings (SSSR count). The second kappa shape index (κ2) is 7.02. The molecule has 0 radical (unpaired) electrons. The molecule has 1 amide bonds. The van der Waals surface area contributed by atoms with Crippen molar-refractivity contribution >= 4 is 5.91 Å². The number of carbonyl (C=O) groups excluding carboxylic acids is 1. The number of pyridine rings is 1. The van der Waals surface area contributed by atoms with Crippen molar-refractivity contribution in [1.82, 2.24) is 10.3 Å². The lowest BCUT2D eigenvalue weighted by molar-refractivity contribution is -0.133. The molecule has 2 aromatic rings. The summed E-state index contributed by atoms with van der Waals surface area (Å²) >= 11 is 0. The average Bonchev–Trinajstić information content (AvgIpc) is 2.72. The van der Waals surface area contributed by atoms with Gasteiger partial charge in [-0.2, -0.15) is 0 Å². The van der Waals surface area contributed by atoms with Gasteiger partial charge in [-0.3, -0.25) is 9.78 Å². The first-order chi connectivity index (χ1) is 13.7. The van der Waals surface area contributed by atoms with E-state index < -0.39 is 0 Å². The molecular weight excluding hydrogens is 344 g/mol. The molecule has 4 fully saturated rings. The smallest absolute Gasteiger partial charge is 0.221 e. The van der Waals surface area contributed by atoms with Crippen molar-refractivity contribution in [3.63, 3.8) is 0 Å². The molecule has 1 aromatic carbocycles. The number of benzene rings is 1. The van der Waals surface area contributed by atoms with Crippen LogP contribution in [0.5, 0.6) is 0 Å². The minimum absolute atomic E-state index is 0.0245. The predicted molar refractivity (Wildman–Crippen MR) is 110 cm³/mol. The maximum atomic E-state index is 13.1. The summed E-state index contributed by atoms with van der Waals surface area (Å²) in [7, 11) is 0. The summed E-state index contributed by atoms with van der Waals surface area (Å²) in [5.41, 5.74) is 2.53. The molecule has 4 bridgehead atoms. The molecule has 4 saturated carbocycles. The van der Waals surface area contributed by atoms with E-state index in [-0.39, 0.29) is 11.3 Å². The predicted octanol–water partition coefficient (Wildman–Crippen LogP) is 4.73. The van der Waals surface area contributed by atoms with E-state index in [1.807, 2.05) is 12.1 Å². The standard InChI is InChI=1S/C25H30N2O/c1-17-19-11-22-13-20(17)14-23(12-19)25(22,21-5-3-2-4-6-21)15-24(28)27-16-18-7-9-26-10-8-18/h2-10,17,19-20,22-23H,11-16H2,1H3,(H,27,28). The summed E-state index contributed by atoms with van der Waals surface area (Å²) in [6.07, 6.45) is 9.42. The Bertz CT molecular complexity index is 802. The van der Waals surface area contributed by atoms with Gasteiger partial charge in [0.2, 0.25) is 5.91 Å². The zero-order chi connectivity index (χ0) is 19.1. The molecular formula is C25H30N2O. The monoisotopic (exact) mass is 374 g/mol. The van der Waals surface area contributed by atoms with Crippen LogP contribution in [0.2, 0.25) is 0 Å². The van der Waals surface area contributed by atoms with Crippen LogP contribution in [0.1, 0.15) is 50.2 Å². The highest BCUT2D eigenvalue weighted by atomic mass is 16.1. The molecule has 4 aliphatic carbocycles. The first kappa shape index (κ1) is 17.9. The largest absolute Gasteiger partial charge is 0.352 e. The number of rotatable bonds is 5. The molecule has 0 atom stereocenters. The van der Waals surface area contributed by atoms with Crippen LogP contribution in [0.4, 0.5) is 0 Å². The van der Waals surface area contributed by atoms with E-state index in [4.69, 9.17) is 0 Å². The number of nitrogens with one attached hydrogen (secondary N) is 1. The SMILES string of the molecule is CC1C2CC3CC1CC(C2)C3(CC(=O)NCc1ccncc1)c1ccccc1. The molecule has 1 heterocycles. The molecule has 0 aliphatic heterocycles. The molecule has 4 aliphatic rings. The van der Waals surface area contributed by atoms with Gasteiger partial charge in [0.15, 0.2) is 0 Å². The first-order valence-corrected chi connectivity index (χ1v) is 10.9. The average molecular weight is 375 g/mol. The maximum Gasteiger partial charge on any atom is 0.221 e. The van der Waals surface area contributed by atoms with Crippen LogP contribution in [0.25, 0.3) is 0 Å². The number of hydrogen-bond donors (Lipinski definition) is 1. The first-order valence-electron chi connectivity index (χ1n) is 10.9. The van der Waals surface area contributed by atoms with E-state index in [1.54, 1.807) is 12.4 Å². The van der Waals surface area contributed by atoms with Gasteiger partial charge < -0.3 is 5.32 Å². The molecule has 1 aromatic heterocycles. The van der Waals surface area contributed by atoms with Crippen LogP contribution in [0.15, 0.2) is 54.9 Å². The summed E-state index contributed by atoms with van der Waals surface area (Å²) < 4.78 is 0.